The number of methoxy groups -OCH3 is 4. The van der Waals surface area contributed by atoms with Gasteiger partial charge in [0, 0.05) is 105 Å². The van der Waals surface area contributed by atoms with Gasteiger partial charge in [0.25, 0.3) is 11.8 Å². The maximum atomic E-state index is 13.0. The normalized spacial score (nSPS) is 20.5. The summed E-state index contributed by atoms with van der Waals surface area (Å²) >= 11 is 12.5. The highest BCUT2D eigenvalue weighted by molar-refractivity contribution is 6.34. The van der Waals surface area contributed by atoms with Crippen LogP contribution in [0.25, 0.3) is 0 Å². The molecular formula is C48H72Cl2N8O11. The molecule has 2 aromatic rings. The van der Waals surface area contributed by atoms with Gasteiger partial charge in [-0.1, -0.05) is 23.2 Å². The van der Waals surface area contributed by atoms with Gasteiger partial charge in [0.15, 0.2) is 0 Å². The summed E-state index contributed by atoms with van der Waals surface area (Å²) in [6.45, 7) is 11.0. The van der Waals surface area contributed by atoms with Crippen molar-refractivity contribution in [2.24, 2.45) is 0 Å². The Morgan fingerprint density at radius 3 is 1.26 bits per heavy atom. The topological polar surface area (TPSA) is 232 Å². The molecule has 384 valence electrons. The maximum absolute atomic E-state index is 13.0. The number of nitrogens with one attached hydrogen (secondary N) is 4. The van der Waals surface area contributed by atoms with Crippen molar-refractivity contribution >= 4 is 70.0 Å². The molecule has 0 spiro atoms. The van der Waals surface area contributed by atoms with Crippen molar-refractivity contribution in [3.05, 3.63) is 45.4 Å². The number of nitrogens with zero attached hydrogens (tertiary/aromatic N) is 4. The molecule has 4 aliphatic heterocycles. The fraction of sp³-hybridized carbons (Fsp3) is 0.625. The number of carbonyl (C=O) groups is 6. The first kappa shape index (κ1) is 56.8. The maximum Gasteiger partial charge on any atom is 0.255 e. The Labute approximate surface area is 415 Å². The molecule has 19 nitrogen and oxygen atoms in total. The van der Waals surface area contributed by atoms with Crippen LogP contribution in [0.5, 0.6) is 11.5 Å². The van der Waals surface area contributed by atoms with E-state index in [-0.39, 0.29) is 75.3 Å². The zero-order valence-corrected chi connectivity index (χ0v) is 42.4. The lowest BCUT2D eigenvalue weighted by atomic mass is 10.0. The standard InChI is InChI=1S/2C24H35ClN4O5.H2O/c2*1-16(30)26-20-14-21(33-2)17(13-18(20)25)24(32)27-19-8-12-28(15-22(19)34-3)9-6-7-23(31)29-10-4-5-11-29;/h2*13-14,19,22H,4-12,15H2,1-3H3,(H,26,30)(H,27,32);1H2/t2*19-,22+;/m00./s1. The number of anilines is 2. The van der Waals surface area contributed by atoms with E-state index in [0.29, 0.717) is 59.9 Å². The van der Waals surface area contributed by atoms with Crippen molar-refractivity contribution in [3.63, 3.8) is 0 Å². The van der Waals surface area contributed by atoms with Gasteiger partial charge in [-0.3, -0.25) is 28.8 Å². The number of halogens is 2. The van der Waals surface area contributed by atoms with Gasteiger partial charge in [0.1, 0.15) is 11.5 Å². The summed E-state index contributed by atoms with van der Waals surface area (Å²) in [7, 11) is 6.21. The number of hydrogen-bond donors (Lipinski definition) is 4. The van der Waals surface area contributed by atoms with Crippen LogP contribution in [0.3, 0.4) is 0 Å². The van der Waals surface area contributed by atoms with E-state index in [1.54, 1.807) is 26.4 Å². The molecule has 2 aromatic carbocycles. The molecule has 0 aliphatic carbocycles. The monoisotopic (exact) mass is 1010 g/mol. The average Bonchev–Trinajstić information content (AvgIpc) is 4.07. The molecule has 4 saturated heterocycles. The van der Waals surface area contributed by atoms with E-state index in [1.165, 1.54) is 40.2 Å². The minimum atomic E-state index is -0.315. The zero-order valence-electron chi connectivity index (χ0n) is 40.9. The molecule has 6 amide bonds. The van der Waals surface area contributed by atoms with E-state index in [9.17, 15) is 28.8 Å². The number of amides is 6. The first-order valence-electron chi connectivity index (χ1n) is 23.6. The number of rotatable bonds is 18. The number of likely N-dealkylation sites (tertiary alicyclic amines) is 4. The van der Waals surface area contributed by atoms with Crippen molar-refractivity contribution in [1.82, 2.24) is 30.2 Å². The van der Waals surface area contributed by atoms with Gasteiger partial charge < -0.3 is 65.3 Å². The summed E-state index contributed by atoms with van der Waals surface area (Å²) in [4.78, 5) is 81.9. The van der Waals surface area contributed by atoms with Crippen LogP contribution in [0.4, 0.5) is 11.4 Å². The van der Waals surface area contributed by atoms with Gasteiger partial charge in [0.05, 0.1) is 71.1 Å². The van der Waals surface area contributed by atoms with Gasteiger partial charge in [-0.25, -0.2) is 0 Å². The van der Waals surface area contributed by atoms with E-state index in [4.69, 9.17) is 42.1 Å². The second-order valence-corrected chi connectivity index (χ2v) is 18.5. The molecule has 69 heavy (non-hydrogen) atoms. The fourth-order valence-electron chi connectivity index (χ4n) is 9.19. The Bertz CT molecular complexity index is 1930. The second kappa shape index (κ2) is 28.2. The lowest BCUT2D eigenvalue weighted by Gasteiger charge is -2.38. The van der Waals surface area contributed by atoms with Crippen LogP contribution >= 0.6 is 23.2 Å². The van der Waals surface area contributed by atoms with Gasteiger partial charge in [-0.2, -0.15) is 0 Å². The Morgan fingerprint density at radius 2 is 0.942 bits per heavy atom. The largest absolute Gasteiger partial charge is 0.496 e. The van der Waals surface area contributed by atoms with Crippen LogP contribution < -0.4 is 30.7 Å². The Kier molecular flexibility index (Phi) is 23.2. The fourth-order valence-corrected chi connectivity index (χ4v) is 9.62. The molecule has 0 radical (unpaired) electrons. The molecule has 0 unspecified atom stereocenters. The van der Waals surface area contributed by atoms with E-state index < -0.39 is 0 Å². The quantitative estimate of drug-likeness (QED) is 0.164. The molecule has 4 atom stereocenters. The van der Waals surface area contributed by atoms with Crippen LogP contribution in [-0.2, 0) is 28.7 Å². The summed E-state index contributed by atoms with van der Waals surface area (Å²) in [5, 5.41) is 11.9. The van der Waals surface area contributed by atoms with E-state index >= 15 is 0 Å². The summed E-state index contributed by atoms with van der Waals surface area (Å²) in [6, 6.07) is 5.73. The second-order valence-electron chi connectivity index (χ2n) is 17.7. The molecule has 21 heteroatoms. The van der Waals surface area contributed by atoms with Gasteiger partial charge in [-0.15, -0.1) is 0 Å². The molecule has 4 aliphatic rings. The number of hydrogen-bond acceptors (Lipinski definition) is 12. The molecule has 4 heterocycles. The first-order chi connectivity index (χ1) is 32.6. The Hall–Kier alpha value is -4.76. The molecule has 6 N–H and O–H groups in total. The van der Waals surface area contributed by atoms with Crippen molar-refractivity contribution in [1.29, 1.82) is 0 Å². The minimum absolute atomic E-state index is 0. The predicted octanol–water partition coefficient (Wildman–Crippen LogP) is 4.23. The summed E-state index contributed by atoms with van der Waals surface area (Å²) in [5.41, 5.74) is 1.35. The highest BCUT2D eigenvalue weighted by Crippen LogP contribution is 2.33. The molecule has 0 aromatic heterocycles. The number of carbonyl (C=O) groups excluding carboxylic acids is 6. The third kappa shape index (κ3) is 16.7. The van der Waals surface area contributed by atoms with E-state index in [0.717, 1.165) is 104 Å². The van der Waals surface area contributed by atoms with Crippen molar-refractivity contribution < 1.29 is 53.2 Å². The van der Waals surface area contributed by atoms with Crippen LogP contribution in [-0.4, -0.2) is 179 Å². The highest BCUT2D eigenvalue weighted by Gasteiger charge is 2.33. The zero-order chi connectivity index (χ0) is 49.3. The van der Waals surface area contributed by atoms with Gasteiger partial charge >= 0.3 is 0 Å². The molecule has 4 fully saturated rings. The first-order valence-corrected chi connectivity index (χ1v) is 24.4. The van der Waals surface area contributed by atoms with Crippen molar-refractivity contribution in [2.75, 3.05) is 105 Å². The third-order valence-electron chi connectivity index (χ3n) is 12.9. The van der Waals surface area contributed by atoms with Gasteiger partial charge in [0.2, 0.25) is 23.6 Å². The average molecular weight is 1010 g/mol. The molecule has 6 rings (SSSR count). The Morgan fingerprint density at radius 1 is 0.580 bits per heavy atom. The number of benzene rings is 2. The molecular weight excluding hydrogens is 935 g/mol. The van der Waals surface area contributed by atoms with Crippen molar-refractivity contribution in [3.8, 4) is 11.5 Å². The predicted molar refractivity (Wildman–Crippen MR) is 265 cm³/mol. The molecule has 0 saturated carbocycles. The van der Waals surface area contributed by atoms with Crippen LogP contribution in [0, 0.1) is 0 Å². The smallest absolute Gasteiger partial charge is 0.255 e. The number of piperidine rings is 2. The molecule has 0 bridgehead atoms. The minimum Gasteiger partial charge on any atom is -0.496 e. The van der Waals surface area contributed by atoms with Gasteiger partial charge in [-0.05, 0) is 76.6 Å². The van der Waals surface area contributed by atoms with E-state index in [2.05, 4.69) is 31.1 Å². The SMILES string of the molecule is COc1cc(NC(C)=O)c(Cl)cc1C(=O)N[C@H]1CCN(CCCC(=O)N2CCCC2)C[C@H]1OC.COc1cc(NC(C)=O)c(Cl)cc1C(=O)N[C@H]1CCN(CCCC(=O)N2CCCC2)C[C@H]1OC.O. The third-order valence-corrected chi connectivity index (χ3v) is 13.5. The van der Waals surface area contributed by atoms with Crippen LogP contribution in [0.2, 0.25) is 10.0 Å². The Balaban J connectivity index is 0.000000296. The summed E-state index contributed by atoms with van der Waals surface area (Å²) in [5.74, 6) is -0.0261. The highest BCUT2D eigenvalue weighted by atomic mass is 35.5. The lowest BCUT2D eigenvalue weighted by molar-refractivity contribution is -0.131. The lowest BCUT2D eigenvalue weighted by Crippen LogP contribution is -2.55. The van der Waals surface area contributed by atoms with Crippen LogP contribution in [0.1, 0.15) is 98.8 Å². The van der Waals surface area contributed by atoms with E-state index in [1.807, 2.05) is 9.80 Å². The summed E-state index contributed by atoms with van der Waals surface area (Å²) < 4.78 is 22.1. The summed E-state index contributed by atoms with van der Waals surface area (Å²) in [6.07, 6.45) is 8.32. The van der Waals surface area contributed by atoms with Crippen molar-refractivity contribution in [2.45, 2.75) is 102 Å². The number of ether oxygens (including phenoxy) is 4. The van der Waals surface area contributed by atoms with Crippen LogP contribution in [0.15, 0.2) is 24.3 Å².